The Labute approximate surface area is 172 Å². The van der Waals surface area contributed by atoms with E-state index in [2.05, 4.69) is 4.90 Å². The quantitative estimate of drug-likeness (QED) is 0.660. The second-order valence-corrected chi connectivity index (χ2v) is 7.70. The smallest absolute Gasteiger partial charge is 0.242 e. The van der Waals surface area contributed by atoms with Crippen molar-refractivity contribution in [2.75, 3.05) is 31.1 Å². The van der Waals surface area contributed by atoms with E-state index in [-0.39, 0.29) is 23.3 Å². The van der Waals surface area contributed by atoms with E-state index < -0.39 is 5.82 Å². The van der Waals surface area contributed by atoms with E-state index in [1.165, 1.54) is 18.2 Å². The number of hydrogen-bond donors (Lipinski definition) is 0. The predicted octanol–water partition coefficient (Wildman–Crippen LogP) is 3.45. The molecule has 3 aromatic rings. The molecule has 0 N–H and O–H groups in total. The Bertz CT molecular complexity index is 1140. The summed E-state index contributed by atoms with van der Waals surface area (Å²) in [5.41, 5.74) is 2.55. The molecule has 1 amide bonds. The van der Waals surface area contributed by atoms with Crippen LogP contribution in [0.4, 0.5) is 10.1 Å². The molecule has 29 heavy (non-hydrogen) atoms. The molecule has 0 unspecified atom stereocenters. The molecule has 2 aromatic carbocycles. The Morgan fingerprint density at radius 1 is 1.07 bits per heavy atom. The van der Waals surface area contributed by atoms with Crippen molar-refractivity contribution in [3.05, 3.63) is 75.3 Å². The highest BCUT2D eigenvalue weighted by atomic mass is 35.5. The lowest BCUT2D eigenvalue weighted by Crippen LogP contribution is -2.49. The molecule has 0 saturated carbocycles. The summed E-state index contributed by atoms with van der Waals surface area (Å²) < 4.78 is 15.2. The molecule has 1 aliphatic heterocycles. The molecule has 0 spiro atoms. The lowest BCUT2D eigenvalue weighted by atomic mass is 10.1. The first-order chi connectivity index (χ1) is 13.9. The first kappa shape index (κ1) is 19.5. The van der Waals surface area contributed by atoms with Crippen LogP contribution in [0.3, 0.4) is 0 Å². The van der Waals surface area contributed by atoms with E-state index in [0.29, 0.717) is 23.6 Å². The number of rotatable bonds is 3. The average Bonchev–Trinajstić information content (AvgIpc) is 2.72. The molecule has 0 aliphatic carbocycles. The molecule has 1 fully saturated rings. The van der Waals surface area contributed by atoms with Gasteiger partial charge in [-0.1, -0.05) is 17.7 Å². The van der Waals surface area contributed by atoms with Crippen molar-refractivity contribution in [2.45, 2.75) is 13.5 Å². The summed E-state index contributed by atoms with van der Waals surface area (Å²) in [6.45, 7) is 4.83. The van der Waals surface area contributed by atoms with Gasteiger partial charge < -0.3 is 14.4 Å². The zero-order chi connectivity index (χ0) is 20.5. The number of halogens is 2. The van der Waals surface area contributed by atoms with Crippen LogP contribution in [0.2, 0.25) is 5.02 Å². The standard InChI is InChI=1S/C22H21ClFN3O2/c1-15-2-3-16(23)12-20(15)25-8-10-26(11-9-25)22(29)14-27-7-6-21(28)18-13-17(24)4-5-19(18)27/h2-7,12-13H,8-11,14H2,1H3. The number of carbonyl (C=O) groups excluding carboxylic acids is 1. The normalized spacial score (nSPS) is 14.4. The van der Waals surface area contributed by atoms with Gasteiger partial charge in [0.1, 0.15) is 12.4 Å². The van der Waals surface area contributed by atoms with Crippen molar-refractivity contribution in [1.29, 1.82) is 0 Å². The van der Waals surface area contributed by atoms with E-state index in [1.807, 2.05) is 30.0 Å². The first-order valence-electron chi connectivity index (χ1n) is 9.50. The second-order valence-electron chi connectivity index (χ2n) is 7.27. The van der Waals surface area contributed by atoms with Gasteiger partial charge in [-0.3, -0.25) is 9.59 Å². The number of piperazine rings is 1. The van der Waals surface area contributed by atoms with Crippen LogP contribution in [-0.4, -0.2) is 41.6 Å². The maximum atomic E-state index is 13.5. The molecule has 1 aromatic heterocycles. The van der Waals surface area contributed by atoms with Gasteiger partial charge in [-0.25, -0.2) is 4.39 Å². The monoisotopic (exact) mass is 413 g/mol. The molecule has 0 atom stereocenters. The Balaban J connectivity index is 1.47. The molecular weight excluding hydrogens is 393 g/mol. The van der Waals surface area contributed by atoms with E-state index >= 15 is 0 Å². The van der Waals surface area contributed by atoms with E-state index in [4.69, 9.17) is 11.6 Å². The van der Waals surface area contributed by atoms with Crippen LogP contribution < -0.4 is 10.3 Å². The molecule has 4 rings (SSSR count). The van der Waals surface area contributed by atoms with Crippen LogP contribution in [0.15, 0.2) is 53.5 Å². The highest BCUT2D eigenvalue weighted by Gasteiger charge is 2.22. The van der Waals surface area contributed by atoms with Crippen molar-refractivity contribution >= 4 is 34.1 Å². The highest BCUT2D eigenvalue weighted by molar-refractivity contribution is 6.30. The molecule has 0 radical (unpaired) electrons. The van der Waals surface area contributed by atoms with Gasteiger partial charge in [0.15, 0.2) is 5.43 Å². The van der Waals surface area contributed by atoms with Gasteiger partial charge in [0.05, 0.1) is 5.52 Å². The third-order valence-corrected chi connectivity index (χ3v) is 5.62. The van der Waals surface area contributed by atoms with Gasteiger partial charge in [0.25, 0.3) is 0 Å². The third-order valence-electron chi connectivity index (χ3n) is 5.39. The Morgan fingerprint density at radius 2 is 1.83 bits per heavy atom. The number of amides is 1. The van der Waals surface area contributed by atoms with Gasteiger partial charge in [-0.2, -0.15) is 0 Å². The number of pyridine rings is 1. The Morgan fingerprint density at radius 3 is 2.59 bits per heavy atom. The van der Waals surface area contributed by atoms with E-state index in [9.17, 15) is 14.0 Å². The fraction of sp³-hybridized carbons (Fsp3) is 0.273. The number of fused-ring (bicyclic) bond motifs is 1. The minimum atomic E-state index is -0.467. The predicted molar refractivity (Wildman–Crippen MR) is 113 cm³/mol. The fourth-order valence-corrected chi connectivity index (χ4v) is 3.95. The van der Waals surface area contributed by atoms with Crippen LogP contribution in [0, 0.1) is 12.7 Å². The van der Waals surface area contributed by atoms with Gasteiger partial charge >= 0.3 is 0 Å². The summed E-state index contributed by atoms with van der Waals surface area (Å²) in [7, 11) is 0. The molecule has 2 heterocycles. The second kappa shape index (κ2) is 7.87. The van der Waals surface area contributed by atoms with Gasteiger partial charge in [-0.15, -0.1) is 0 Å². The number of hydrogen-bond acceptors (Lipinski definition) is 3. The van der Waals surface area contributed by atoms with Crippen molar-refractivity contribution in [3.8, 4) is 0 Å². The number of anilines is 1. The molecular formula is C22H21ClFN3O2. The van der Waals surface area contributed by atoms with E-state index in [1.54, 1.807) is 16.8 Å². The van der Waals surface area contributed by atoms with Crippen LogP contribution in [-0.2, 0) is 11.3 Å². The summed E-state index contributed by atoms with van der Waals surface area (Å²) >= 11 is 6.13. The number of benzene rings is 2. The van der Waals surface area contributed by atoms with Crippen LogP contribution >= 0.6 is 11.6 Å². The number of aryl methyl sites for hydroxylation is 1. The van der Waals surface area contributed by atoms with Crippen LogP contribution in [0.25, 0.3) is 10.9 Å². The lowest BCUT2D eigenvalue weighted by Gasteiger charge is -2.37. The highest BCUT2D eigenvalue weighted by Crippen LogP contribution is 2.25. The largest absolute Gasteiger partial charge is 0.368 e. The van der Waals surface area contributed by atoms with Crippen molar-refractivity contribution < 1.29 is 9.18 Å². The Hall–Kier alpha value is -2.86. The summed E-state index contributed by atoms with van der Waals surface area (Å²) in [4.78, 5) is 28.9. The summed E-state index contributed by atoms with van der Waals surface area (Å²) in [6, 6.07) is 11.3. The fourth-order valence-electron chi connectivity index (χ4n) is 3.79. The third kappa shape index (κ3) is 3.98. The van der Waals surface area contributed by atoms with Gasteiger partial charge in [-0.05, 0) is 42.8 Å². The SMILES string of the molecule is Cc1ccc(Cl)cc1N1CCN(C(=O)Cn2ccc(=O)c3cc(F)ccc32)CC1. The minimum absolute atomic E-state index is 0.0262. The van der Waals surface area contributed by atoms with Crippen molar-refractivity contribution in [3.63, 3.8) is 0 Å². The maximum absolute atomic E-state index is 13.5. The molecule has 0 bridgehead atoms. The van der Waals surface area contributed by atoms with Crippen LogP contribution in [0.5, 0.6) is 0 Å². The Kier molecular flexibility index (Phi) is 5.28. The zero-order valence-corrected chi connectivity index (χ0v) is 16.8. The lowest BCUT2D eigenvalue weighted by molar-refractivity contribution is -0.132. The van der Waals surface area contributed by atoms with Crippen LogP contribution in [0.1, 0.15) is 5.56 Å². The molecule has 1 saturated heterocycles. The minimum Gasteiger partial charge on any atom is -0.368 e. The number of nitrogens with zero attached hydrogens (tertiary/aromatic N) is 3. The maximum Gasteiger partial charge on any atom is 0.242 e. The molecule has 1 aliphatic rings. The summed E-state index contributed by atoms with van der Waals surface area (Å²) in [5, 5.41) is 0.979. The van der Waals surface area contributed by atoms with Gasteiger partial charge in [0.2, 0.25) is 5.91 Å². The summed E-state index contributed by atoms with van der Waals surface area (Å²) in [6.07, 6.45) is 1.59. The van der Waals surface area contributed by atoms with Gasteiger partial charge in [0, 0.05) is 54.5 Å². The first-order valence-corrected chi connectivity index (χ1v) is 9.88. The average molecular weight is 414 g/mol. The van der Waals surface area contributed by atoms with Crippen molar-refractivity contribution in [2.24, 2.45) is 0 Å². The van der Waals surface area contributed by atoms with E-state index in [0.717, 1.165) is 24.3 Å². The number of carbonyl (C=O) groups is 1. The molecule has 7 heteroatoms. The molecule has 150 valence electrons. The van der Waals surface area contributed by atoms with Crippen molar-refractivity contribution in [1.82, 2.24) is 9.47 Å². The zero-order valence-electron chi connectivity index (χ0n) is 16.1. The number of aromatic nitrogens is 1. The topological polar surface area (TPSA) is 45.5 Å². The summed E-state index contributed by atoms with van der Waals surface area (Å²) in [5.74, 6) is -0.493. The molecule has 5 nitrogen and oxygen atoms in total.